The van der Waals surface area contributed by atoms with Crippen LogP contribution in [0.25, 0.3) is 6.08 Å². The second-order valence-electron chi connectivity index (χ2n) is 10.3. The third-order valence-corrected chi connectivity index (χ3v) is 8.77. The molecular formula is C29H41N3O2S. The maximum atomic E-state index is 12.6. The number of methoxy groups -OCH3 is 1. The van der Waals surface area contributed by atoms with Crippen LogP contribution >= 0.6 is 11.3 Å². The number of carbonyl (C=O) groups is 1. The summed E-state index contributed by atoms with van der Waals surface area (Å²) < 4.78 is 5.38. The van der Waals surface area contributed by atoms with Crippen molar-refractivity contribution in [1.82, 2.24) is 9.88 Å². The molecule has 2 aliphatic rings. The molecule has 35 heavy (non-hydrogen) atoms. The lowest BCUT2D eigenvalue weighted by Gasteiger charge is -2.36. The summed E-state index contributed by atoms with van der Waals surface area (Å²) in [7, 11) is 1.66. The van der Waals surface area contributed by atoms with Gasteiger partial charge in [0, 0.05) is 22.9 Å². The Hall–Kier alpha value is -2.18. The molecule has 1 aromatic carbocycles. The van der Waals surface area contributed by atoms with Crippen molar-refractivity contribution in [2.24, 2.45) is 11.8 Å². The van der Waals surface area contributed by atoms with Crippen molar-refractivity contribution < 1.29 is 9.53 Å². The summed E-state index contributed by atoms with van der Waals surface area (Å²) in [4.78, 5) is 21.2. The van der Waals surface area contributed by atoms with Gasteiger partial charge in [-0.15, -0.1) is 11.3 Å². The van der Waals surface area contributed by atoms with Crippen LogP contribution in [-0.2, 0) is 17.6 Å². The third-order valence-electron chi connectivity index (χ3n) is 7.83. The Kier molecular flexibility index (Phi) is 9.38. The molecule has 2 aliphatic carbocycles. The second-order valence-corrected chi connectivity index (χ2v) is 11.4. The smallest absolute Gasteiger partial charge is 0.180 e. The number of carbonyl (C=O) groups excluding carboxylic acids is 1. The van der Waals surface area contributed by atoms with Gasteiger partial charge in [-0.1, -0.05) is 38.0 Å². The normalized spacial score (nSPS) is 22.4. The van der Waals surface area contributed by atoms with Crippen LogP contribution in [0.4, 0.5) is 5.13 Å². The molecule has 0 saturated heterocycles. The van der Waals surface area contributed by atoms with Gasteiger partial charge in [0.15, 0.2) is 10.9 Å². The number of nitrogens with zero attached hydrogens (tertiary/aromatic N) is 2. The average Bonchev–Trinajstić information content (AvgIpc) is 3.25. The number of fused-ring (bicyclic) bond motifs is 1. The van der Waals surface area contributed by atoms with E-state index in [0.29, 0.717) is 18.4 Å². The highest BCUT2D eigenvalue weighted by Crippen LogP contribution is 2.34. The van der Waals surface area contributed by atoms with Gasteiger partial charge in [-0.3, -0.25) is 4.79 Å². The molecule has 0 unspecified atom stereocenters. The maximum Gasteiger partial charge on any atom is 0.180 e. The average molecular weight is 496 g/mol. The molecule has 2 aromatic rings. The first-order valence-corrected chi connectivity index (χ1v) is 14.2. The van der Waals surface area contributed by atoms with E-state index < -0.39 is 0 Å². The number of rotatable bonds is 11. The van der Waals surface area contributed by atoms with Gasteiger partial charge in [0.25, 0.3) is 0 Å². The van der Waals surface area contributed by atoms with Crippen molar-refractivity contribution in [2.75, 3.05) is 25.9 Å². The van der Waals surface area contributed by atoms with Crippen LogP contribution in [0.3, 0.4) is 0 Å². The fraction of sp³-hybridized carbons (Fsp3) is 0.586. The quantitative estimate of drug-likeness (QED) is 0.377. The van der Waals surface area contributed by atoms with E-state index in [-0.39, 0.29) is 5.78 Å². The number of anilines is 1. The number of benzene rings is 1. The summed E-state index contributed by atoms with van der Waals surface area (Å²) in [6, 6.07) is 8.45. The zero-order chi connectivity index (χ0) is 24.6. The molecule has 0 amide bonds. The minimum Gasteiger partial charge on any atom is -0.496 e. The monoisotopic (exact) mass is 495 g/mol. The summed E-state index contributed by atoms with van der Waals surface area (Å²) in [6.45, 7) is 4.66. The van der Waals surface area contributed by atoms with Crippen molar-refractivity contribution >= 4 is 28.3 Å². The summed E-state index contributed by atoms with van der Waals surface area (Å²) in [6.07, 6.45) is 15.0. The number of hydrogen-bond donors (Lipinski definition) is 1. The van der Waals surface area contributed by atoms with Crippen molar-refractivity contribution in [3.63, 3.8) is 0 Å². The van der Waals surface area contributed by atoms with E-state index in [4.69, 9.17) is 10.5 Å². The Morgan fingerprint density at radius 2 is 1.94 bits per heavy atom. The predicted octanol–water partition coefficient (Wildman–Crippen LogP) is 6.17. The highest BCUT2D eigenvalue weighted by atomic mass is 32.1. The Morgan fingerprint density at radius 1 is 1.17 bits per heavy atom. The molecule has 1 saturated carbocycles. The van der Waals surface area contributed by atoms with E-state index in [1.54, 1.807) is 24.5 Å². The fourth-order valence-electron chi connectivity index (χ4n) is 5.87. The molecule has 1 atom stereocenters. The summed E-state index contributed by atoms with van der Waals surface area (Å²) in [5.74, 6) is 2.36. The lowest BCUT2D eigenvalue weighted by molar-refractivity contribution is -0.115. The largest absolute Gasteiger partial charge is 0.496 e. The van der Waals surface area contributed by atoms with Crippen molar-refractivity contribution in [2.45, 2.75) is 77.2 Å². The first-order valence-electron chi connectivity index (χ1n) is 13.4. The van der Waals surface area contributed by atoms with Gasteiger partial charge in [-0.2, -0.15) is 0 Å². The molecule has 0 aliphatic heterocycles. The first kappa shape index (κ1) is 25.9. The molecule has 0 spiro atoms. The highest BCUT2D eigenvalue weighted by molar-refractivity contribution is 7.15. The Morgan fingerprint density at radius 3 is 2.71 bits per heavy atom. The topological polar surface area (TPSA) is 68.5 Å². The minimum absolute atomic E-state index is 0.230. The SMILES string of the molecule is CCCN(CCC1CCC(CC(=O)/C=C/c2ccccc2OC)CC1)[C@H]1CCc2nc(N)sc2C1. The van der Waals surface area contributed by atoms with E-state index in [1.165, 1.54) is 68.6 Å². The number of para-hydroxylation sites is 1. The van der Waals surface area contributed by atoms with Crippen LogP contribution in [0.15, 0.2) is 30.3 Å². The van der Waals surface area contributed by atoms with Gasteiger partial charge in [0.05, 0.1) is 12.8 Å². The molecule has 1 heterocycles. The molecule has 6 heteroatoms. The summed E-state index contributed by atoms with van der Waals surface area (Å²) in [5, 5.41) is 0.725. The zero-order valence-electron chi connectivity index (χ0n) is 21.4. The van der Waals surface area contributed by atoms with Gasteiger partial charge in [-0.05, 0) is 88.1 Å². The van der Waals surface area contributed by atoms with Gasteiger partial charge in [-0.25, -0.2) is 4.98 Å². The van der Waals surface area contributed by atoms with E-state index in [0.717, 1.165) is 35.2 Å². The van der Waals surface area contributed by atoms with E-state index >= 15 is 0 Å². The molecular weight excluding hydrogens is 454 g/mol. The van der Waals surface area contributed by atoms with Crippen LogP contribution in [-0.4, -0.2) is 41.9 Å². The number of nitrogen functional groups attached to an aromatic ring is 1. The molecule has 1 aromatic heterocycles. The molecule has 0 radical (unpaired) electrons. The number of allylic oxidation sites excluding steroid dienone is 1. The first-order chi connectivity index (χ1) is 17.1. The van der Waals surface area contributed by atoms with Crippen molar-refractivity contribution in [3.05, 3.63) is 46.5 Å². The van der Waals surface area contributed by atoms with Gasteiger partial charge in [0.2, 0.25) is 0 Å². The number of ether oxygens (including phenoxy) is 1. The highest BCUT2D eigenvalue weighted by Gasteiger charge is 2.28. The van der Waals surface area contributed by atoms with Crippen molar-refractivity contribution in [1.29, 1.82) is 0 Å². The number of hydrogen-bond acceptors (Lipinski definition) is 6. The lowest BCUT2D eigenvalue weighted by Crippen LogP contribution is -2.41. The van der Waals surface area contributed by atoms with Gasteiger partial charge in [0.1, 0.15) is 5.75 Å². The van der Waals surface area contributed by atoms with E-state index in [9.17, 15) is 4.79 Å². The standard InChI is InChI=1S/C29H41N3O2S/c1-3-17-32(24-13-15-26-28(20-24)35-29(30)31-26)18-16-21-8-10-22(11-9-21)19-25(33)14-12-23-6-4-5-7-27(23)34-2/h4-7,12,14,21-22,24H,3,8-11,13,15-20H2,1-2H3,(H2,30,31)/b14-12+/t21?,22?,24-/m0/s1. The minimum atomic E-state index is 0.230. The zero-order valence-corrected chi connectivity index (χ0v) is 22.2. The van der Waals surface area contributed by atoms with E-state index in [1.807, 2.05) is 30.3 Å². The third kappa shape index (κ3) is 7.17. The number of thiazole rings is 1. The Balaban J connectivity index is 1.20. The molecule has 4 rings (SSSR count). The van der Waals surface area contributed by atoms with Gasteiger partial charge < -0.3 is 15.4 Å². The predicted molar refractivity (Wildman–Crippen MR) is 146 cm³/mol. The van der Waals surface area contributed by atoms with Crippen LogP contribution in [0.1, 0.15) is 74.4 Å². The lowest BCUT2D eigenvalue weighted by atomic mass is 9.78. The van der Waals surface area contributed by atoms with Crippen LogP contribution < -0.4 is 10.5 Å². The number of nitrogens with two attached hydrogens (primary N) is 1. The summed E-state index contributed by atoms with van der Waals surface area (Å²) in [5.41, 5.74) is 8.15. The molecule has 0 bridgehead atoms. The number of aryl methyl sites for hydroxylation is 1. The number of ketones is 1. The molecule has 5 nitrogen and oxygen atoms in total. The van der Waals surface area contributed by atoms with Crippen LogP contribution in [0.5, 0.6) is 5.75 Å². The molecule has 1 fully saturated rings. The second kappa shape index (κ2) is 12.7. The van der Waals surface area contributed by atoms with Crippen LogP contribution in [0.2, 0.25) is 0 Å². The Bertz CT molecular complexity index is 994. The van der Waals surface area contributed by atoms with Crippen molar-refractivity contribution in [3.8, 4) is 5.75 Å². The van der Waals surface area contributed by atoms with E-state index in [2.05, 4.69) is 16.8 Å². The Labute approximate surface area is 214 Å². The number of aromatic nitrogens is 1. The molecule has 2 N–H and O–H groups in total. The summed E-state index contributed by atoms with van der Waals surface area (Å²) >= 11 is 1.69. The maximum absolute atomic E-state index is 12.6. The van der Waals surface area contributed by atoms with Crippen LogP contribution in [0, 0.1) is 11.8 Å². The fourth-order valence-corrected chi connectivity index (χ4v) is 6.81. The van der Waals surface area contributed by atoms with Gasteiger partial charge >= 0.3 is 0 Å². The molecule has 190 valence electrons.